The second-order valence-electron chi connectivity index (χ2n) is 5.06. The van der Waals surface area contributed by atoms with Crippen molar-refractivity contribution in [3.8, 4) is 0 Å². The number of rotatable bonds is 3. The van der Waals surface area contributed by atoms with Crippen molar-refractivity contribution >= 4 is 50.1 Å². The minimum atomic E-state index is -4.05. The zero-order valence-electron chi connectivity index (χ0n) is 12.4. The second-order valence-corrected chi connectivity index (χ2v) is 7.51. The number of H-pyrrole nitrogens is 1. The van der Waals surface area contributed by atoms with Crippen LogP contribution in [0.2, 0.25) is 10.0 Å². The molecule has 128 valence electrons. The van der Waals surface area contributed by atoms with Crippen molar-refractivity contribution in [3.05, 3.63) is 69.6 Å². The van der Waals surface area contributed by atoms with Crippen LogP contribution in [0.3, 0.4) is 0 Å². The topological polar surface area (TPSA) is 99.6 Å². The summed E-state index contributed by atoms with van der Waals surface area (Å²) in [4.78, 5) is 13.9. The van der Waals surface area contributed by atoms with E-state index in [1.54, 1.807) is 18.2 Å². The average molecular weight is 397 g/mol. The fourth-order valence-electron chi connectivity index (χ4n) is 2.28. The van der Waals surface area contributed by atoms with Gasteiger partial charge in [-0.15, -0.1) is 0 Å². The SMILES string of the molecule is O=C(O)c1c/c(=N/S(=O)(=O)c2ccccc2)c2c(Cl)cc(Cl)cc2[nH]1. The number of fused-ring (bicyclic) bond motifs is 1. The number of pyridine rings is 1. The molecular formula is C16H10Cl2N2O4S. The summed E-state index contributed by atoms with van der Waals surface area (Å²) >= 11 is 12.1. The van der Waals surface area contributed by atoms with Gasteiger partial charge in [0.2, 0.25) is 0 Å². The Hall–Kier alpha value is -2.35. The number of aromatic carboxylic acids is 1. The fraction of sp³-hybridized carbons (Fsp3) is 0. The number of hydrogen-bond donors (Lipinski definition) is 2. The molecule has 3 rings (SSSR count). The number of nitrogens with one attached hydrogen (secondary N) is 1. The number of halogens is 2. The van der Waals surface area contributed by atoms with Gasteiger partial charge < -0.3 is 10.1 Å². The number of hydrogen-bond acceptors (Lipinski definition) is 3. The van der Waals surface area contributed by atoms with E-state index in [0.717, 1.165) is 6.07 Å². The van der Waals surface area contributed by atoms with Crippen LogP contribution in [0, 0.1) is 0 Å². The van der Waals surface area contributed by atoms with Gasteiger partial charge in [0, 0.05) is 10.4 Å². The Labute approximate surface area is 152 Å². The molecule has 0 fully saturated rings. The monoisotopic (exact) mass is 396 g/mol. The normalized spacial score (nSPS) is 12.5. The van der Waals surface area contributed by atoms with Crippen LogP contribution in [0.15, 0.2) is 57.8 Å². The van der Waals surface area contributed by atoms with Crippen LogP contribution in [-0.4, -0.2) is 24.5 Å². The van der Waals surface area contributed by atoms with Crippen LogP contribution < -0.4 is 5.36 Å². The maximum atomic E-state index is 12.5. The third-order valence-electron chi connectivity index (χ3n) is 3.35. The van der Waals surface area contributed by atoms with Crippen LogP contribution in [0.25, 0.3) is 10.9 Å². The molecule has 0 radical (unpaired) electrons. The van der Waals surface area contributed by atoms with Crippen molar-refractivity contribution in [2.45, 2.75) is 4.90 Å². The summed E-state index contributed by atoms with van der Waals surface area (Å²) in [6, 6.07) is 11.6. The molecule has 0 spiro atoms. The predicted octanol–water partition coefficient (Wildman–Crippen LogP) is 3.46. The first-order chi connectivity index (χ1) is 11.8. The van der Waals surface area contributed by atoms with Gasteiger partial charge in [-0.3, -0.25) is 0 Å². The summed E-state index contributed by atoms with van der Waals surface area (Å²) < 4.78 is 28.8. The van der Waals surface area contributed by atoms with Crippen molar-refractivity contribution in [1.82, 2.24) is 4.98 Å². The highest BCUT2D eigenvalue weighted by Crippen LogP contribution is 2.25. The zero-order chi connectivity index (χ0) is 18.2. The molecule has 0 saturated carbocycles. The molecule has 2 N–H and O–H groups in total. The number of benzene rings is 2. The minimum Gasteiger partial charge on any atom is -0.477 e. The lowest BCUT2D eigenvalue weighted by Crippen LogP contribution is -2.14. The summed E-state index contributed by atoms with van der Waals surface area (Å²) in [6.45, 7) is 0. The molecule has 2 aromatic carbocycles. The van der Waals surface area contributed by atoms with E-state index in [4.69, 9.17) is 23.2 Å². The molecule has 3 aromatic rings. The number of aromatic nitrogens is 1. The van der Waals surface area contributed by atoms with Crippen LogP contribution in [0.1, 0.15) is 10.5 Å². The van der Waals surface area contributed by atoms with Crippen molar-refractivity contribution in [2.24, 2.45) is 4.40 Å². The lowest BCUT2D eigenvalue weighted by atomic mass is 10.2. The number of carboxylic acids is 1. The van der Waals surface area contributed by atoms with Gasteiger partial charge in [-0.1, -0.05) is 41.4 Å². The van der Waals surface area contributed by atoms with Crippen LogP contribution in [-0.2, 0) is 10.0 Å². The molecule has 1 aromatic heterocycles. The van der Waals surface area contributed by atoms with E-state index in [-0.39, 0.29) is 36.9 Å². The Morgan fingerprint density at radius 1 is 1.08 bits per heavy atom. The molecule has 0 atom stereocenters. The second kappa shape index (κ2) is 6.51. The molecule has 6 nitrogen and oxygen atoms in total. The average Bonchev–Trinajstić information content (AvgIpc) is 2.54. The number of carbonyl (C=O) groups is 1. The largest absolute Gasteiger partial charge is 0.477 e. The number of aromatic amines is 1. The first-order valence-electron chi connectivity index (χ1n) is 6.89. The highest BCUT2D eigenvalue weighted by Gasteiger charge is 2.15. The van der Waals surface area contributed by atoms with Gasteiger partial charge in [0.25, 0.3) is 10.0 Å². The van der Waals surface area contributed by atoms with Crippen molar-refractivity contribution in [2.75, 3.05) is 0 Å². The Kier molecular flexibility index (Phi) is 4.55. The van der Waals surface area contributed by atoms with Gasteiger partial charge in [-0.2, -0.15) is 12.8 Å². The zero-order valence-corrected chi connectivity index (χ0v) is 14.7. The molecule has 0 bridgehead atoms. The minimum absolute atomic E-state index is 0.0158. The standard InChI is InChI=1S/C16H10Cl2N2O4S/c17-9-6-11(18)15-12(7-9)19-14(16(21)22)8-13(15)20-25(23,24)10-4-2-1-3-5-10/h1-8H,(H,19,20)(H,21,22). The Bertz CT molecular complexity index is 1160. The van der Waals surface area contributed by atoms with E-state index in [9.17, 15) is 18.3 Å². The maximum Gasteiger partial charge on any atom is 0.352 e. The summed E-state index contributed by atoms with van der Waals surface area (Å²) in [5, 5.41) is 9.83. The first-order valence-corrected chi connectivity index (χ1v) is 9.09. The summed E-state index contributed by atoms with van der Waals surface area (Å²) in [5.41, 5.74) is 0.0206. The third kappa shape index (κ3) is 3.53. The molecule has 0 unspecified atom stereocenters. The quantitative estimate of drug-likeness (QED) is 0.707. The van der Waals surface area contributed by atoms with Gasteiger partial charge in [0.1, 0.15) is 5.69 Å². The van der Waals surface area contributed by atoms with E-state index in [1.165, 1.54) is 24.3 Å². The molecule has 0 aliphatic rings. The van der Waals surface area contributed by atoms with Gasteiger partial charge in [-0.05, 0) is 30.3 Å². The molecule has 0 saturated heterocycles. The number of carboxylic acid groups (broad SMARTS) is 1. The Morgan fingerprint density at radius 3 is 2.40 bits per heavy atom. The molecule has 25 heavy (non-hydrogen) atoms. The van der Waals surface area contributed by atoms with E-state index in [1.807, 2.05) is 0 Å². The highest BCUT2D eigenvalue weighted by molar-refractivity contribution is 7.90. The highest BCUT2D eigenvalue weighted by atomic mass is 35.5. The fourth-order valence-corrected chi connectivity index (χ4v) is 3.88. The lowest BCUT2D eigenvalue weighted by Gasteiger charge is -2.06. The molecule has 0 amide bonds. The van der Waals surface area contributed by atoms with Crippen LogP contribution in [0.5, 0.6) is 0 Å². The van der Waals surface area contributed by atoms with Crippen LogP contribution >= 0.6 is 23.2 Å². The maximum absolute atomic E-state index is 12.5. The molecule has 0 aliphatic carbocycles. The predicted molar refractivity (Wildman–Crippen MR) is 94.5 cm³/mol. The Morgan fingerprint density at radius 2 is 1.76 bits per heavy atom. The first kappa shape index (κ1) is 17.5. The van der Waals surface area contributed by atoms with Gasteiger partial charge in [-0.25, -0.2) is 4.79 Å². The van der Waals surface area contributed by atoms with E-state index >= 15 is 0 Å². The number of sulfonamides is 1. The van der Waals surface area contributed by atoms with E-state index in [0.29, 0.717) is 0 Å². The van der Waals surface area contributed by atoms with Crippen molar-refractivity contribution < 1.29 is 18.3 Å². The number of nitrogens with zero attached hydrogens (tertiary/aromatic N) is 1. The molecule has 1 heterocycles. The van der Waals surface area contributed by atoms with Gasteiger partial charge in [0.15, 0.2) is 0 Å². The van der Waals surface area contributed by atoms with Gasteiger partial charge in [0.05, 0.1) is 20.8 Å². The lowest BCUT2D eigenvalue weighted by molar-refractivity contribution is 0.0690. The summed E-state index contributed by atoms with van der Waals surface area (Å²) in [6.07, 6.45) is 0. The van der Waals surface area contributed by atoms with Gasteiger partial charge >= 0.3 is 5.97 Å². The molecular weight excluding hydrogens is 387 g/mol. The van der Waals surface area contributed by atoms with Crippen LogP contribution in [0.4, 0.5) is 0 Å². The third-order valence-corrected chi connectivity index (χ3v) is 5.17. The van der Waals surface area contributed by atoms with E-state index in [2.05, 4.69) is 9.38 Å². The molecule has 0 aliphatic heterocycles. The summed E-state index contributed by atoms with van der Waals surface area (Å²) in [5.74, 6) is -1.27. The van der Waals surface area contributed by atoms with Crippen molar-refractivity contribution in [3.63, 3.8) is 0 Å². The van der Waals surface area contributed by atoms with E-state index < -0.39 is 16.0 Å². The molecule has 9 heteroatoms. The summed E-state index contributed by atoms with van der Waals surface area (Å²) in [7, 11) is -4.05. The Balaban J connectivity index is 2.40. The smallest absolute Gasteiger partial charge is 0.352 e. The van der Waals surface area contributed by atoms with Crippen molar-refractivity contribution in [1.29, 1.82) is 0 Å².